The highest BCUT2D eigenvalue weighted by atomic mass is 16.6. The summed E-state index contributed by atoms with van der Waals surface area (Å²) in [5.41, 5.74) is 1.79. The summed E-state index contributed by atoms with van der Waals surface area (Å²) in [5.74, 6) is 0.902. The van der Waals surface area contributed by atoms with Gasteiger partial charge in [-0.05, 0) is 44.0 Å². The third kappa shape index (κ3) is 4.16. The summed E-state index contributed by atoms with van der Waals surface area (Å²) < 4.78 is 18.4. The van der Waals surface area contributed by atoms with E-state index in [1.807, 2.05) is 42.5 Å². The average Bonchev–Trinajstić information content (AvgIpc) is 3.58. The van der Waals surface area contributed by atoms with Crippen LogP contribution in [0.5, 0.6) is 11.5 Å². The molecular weight excluding hydrogens is 410 g/mol. The second kappa shape index (κ2) is 8.37. The first-order chi connectivity index (χ1) is 15.6. The topological polar surface area (TPSA) is 91.7 Å². The fourth-order valence-electron chi connectivity index (χ4n) is 3.61. The average molecular weight is 433 g/mol. The summed E-state index contributed by atoms with van der Waals surface area (Å²) in [6.07, 6.45) is 0.707. The number of anilines is 1. The van der Waals surface area contributed by atoms with Gasteiger partial charge in [0.2, 0.25) is 6.10 Å². The maximum atomic E-state index is 12.6. The third-order valence-electron chi connectivity index (χ3n) is 5.41. The SMILES string of the molecule is CC1Oc2ccccc2OC1C(=O)OCC(=O)Nc1cc(C2CC2)nn1-c1ccccc1. The molecule has 1 N–H and O–H groups in total. The largest absolute Gasteiger partial charge is 0.482 e. The first-order valence-corrected chi connectivity index (χ1v) is 10.6. The third-order valence-corrected chi connectivity index (χ3v) is 5.41. The number of nitrogens with one attached hydrogen (secondary N) is 1. The normalized spacial score (nSPS) is 19.3. The Kier molecular flexibility index (Phi) is 5.26. The highest BCUT2D eigenvalue weighted by Crippen LogP contribution is 2.40. The van der Waals surface area contributed by atoms with Crippen molar-refractivity contribution in [2.45, 2.75) is 37.9 Å². The van der Waals surface area contributed by atoms with Crippen LogP contribution >= 0.6 is 0 Å². The number of aromatic nitrogens is 2. The van der Waals surface area contributed by atoms with Gasteiger partial charge in [-0.3, -0.25) is 4.79 Å². The molecule has 2 heterocycles. The molecule has 0 bridgehead atoms. The lowest BCUT2D eigenvalue weighted by Crippen LogP contribution is -2.45. The molecule has 1 aromatic heterocycles. The number of nitrogens with zero attached hydrogens (tertiary/aromatic N) is 2. The van der Waals surface area contributed by atoms with Crippen LogP contribution < -0.4 is 14.8 Å². The summed E-state index contributed by atoms with van der Waals surface area (Å²) in [6.45, 7) is 1.28. The summed E-state index contributed by atoms with van der Waals surface area (Å²) in [7, 11) is 0. The van der Waals surface area contributed by atoms with E-state index in [1.165, 1.54) is 0 Å². The number of hydrogen-bond acceptors (Lipinski definition) is 6. The van der Waals surface area contributed by atoms with E-state index in [9.17, 15) is 9.59 Å². The van der Waals surface area contributed by atoms with Gasteiger partial charge >= 0.3 is 5.97 Å². The van der Waals surface area contributed by atoms with Crippen molar-refractivity contribution in [2.24, 2.45) is 0 Å². The molecule has 0 spiro atoms. The number of ether oxygens (including phenoxy) is 3. The molecule has 2 atom stereocenters. The van der Waals surface area contributed by atoms with E-state index >= 15 is 0 Å². The number of amides is 1. The molecule has 8 nitrogen and oxygen atoms in total. The van der Waals surface area contributed by atoms with Crippen molar-refractivity contribution in [3.63, 3.8) is 0 Å². The molecule has 1 fully saturated rings. The number of carbonyl (C=O) groups excluding carboxylic acids is 2. The van der Waals surface area contributed by atoms with E-state index < -0.39 is 30.7 Å². The standard InChI is InChI=1S/C24H23N3O5/c1-15-23(32-20-10-6-5-9-19(20)31-15)24(29)30-14-22(28)25-21-13-18(16-11-12-16)26-27(21)17-7-3-2-4-8-17/h2-10,13,15-16,23H,11-12,14H2,1H3,(H,25,28). The molecule has 1 aliphatic heterocycles. The second-order valence-corrected chi connectivity index (χ2v) is 7.94. The minimum Gasteiger partial charge on any atom is -0.482 e. The minimum atomic E-state index is -0.950. The molecule has 32 heavy (non-hydrogen) atoms. The Bertz CT molecular complexity index is 1140. The van der Waals surface area contributed by atoms with Gasteiger partial charge in [-0.1, -0.05) is 30.3 Å². The Labute approximate surface area is 185 Å². The highest BCUT2D eigenvalue weighted by molar-refractivity contribution is 5.92. The Morgan fingerprint density at radius 2 is 1.75 bits per heavy atom. The molecule has 0 saturated heterocycles. The van der Waals surface area contributed by atoms with E-state index in [4.69, 9.17) is 14.2 Å². The zero-order valence-corrected chi connectivity index (χ0v) is 17.6. The number of esters is 1. The molecule has 164 valence electrons. The van der Waals surface area contributed by atoms with Gasteiger partial charge in [-0.15, -0.1) is 0 Å². The Hall–Kier alpha value is -3.81. The monoisotopic (exact) mass is 433 g/mol. The van der Waals surface area contributed by atoms with Crippen LogP contribution in [0.3, 0.4) is 0 Å². The summed E-state index contributed by atoms with van der Waals surface area (Å²) in [5, 5.41) is 7.46. The zero-order chi connectivity index (χ0) is 22.1. The van der Waals surface area contributed by atoms with Crippen LogP contribution in [0.1, 0.15) is 31.4 Å². The Balaban J connectivity index is 1.23. The fourth-order valence-corrected chi connectivity index (χ4v) is 3.61. The molecular formula is C24H23N3O5. The number of para-hydroxylation sites is 3. The lowest BCUT2D eigenvalue weighted by atomic mass is 10.2. The predicted octanol–water partition coefficient (Wildman–Crippen LogP) is 3.46. The maximum absolute atomic E-state index is 12.6. The van der Waals surface area contributed by atoms with E-state index in [2.05, 4.69) is 10.4 Å². The molecule has 1 amide bonds. The van der Waals surface area contributed by atoms with Crippen LogP contribution in [0.4, 0.5) is 5.82 Å². The van der Waals surface area contributed by atoms with Gasteiger partial charge in [-0.2, -0.15) is 5.10 Å². The second-order valence-electron chi connectivity index (χ2n) is 7.94. The van der Waals surface area contributed by atoms with Crippen LogP contribution in [0, 0.1) is 0 Å². The van der Waals surface area contributed by atoms with Gasteiger partial charge in [0, 0.05) is 12.0 Å². The van der Waals surface area contributed by atoms with Crippen LogP contribution in [-0.4, -0.2) is 40.5 Å². The van der Waals surface area contributed by atoms with Crippen LogP contribution in [0.15, 0.2) is 60.7 Å². The molecule has 1 saturated carbocycles. The van der Waals surface area contributed by atoms with Crippen molar-refractivity contribution in [2.75, 3.05) is 11.9 Å². The number of carbonyl (C=O) groups is 2. The predicted molar refractivity (Wildman–Crippen MR) is 116 cm³/mol. The molecule has 2 unspecified atom stereocenters. The summed E-state index contributed by atoms with van der Waals surface area (Å²) in [4.78, 5) is 25.1. The number of fused-ring (bicyclic) bond motifs is 1. The smallest absolute Gasteiger partial charge is 0.351 e. The number of rotatable bonds is 6. The lowest BCUT2D eigenvalue weighted by Gasteiger charge is -2.30. The highest BCUT2D eigenvalue weighted by Gasteiger charge is 2.35. The van der Waals surface area contributed by atoms with Gasteiger partial charge in [0.25, 0.3) is 5.91 Å². The summed E-state index contributed by atoms with van der Waals surface area (Å²) >= 11 is 0. The Morgan fingerprint density at radius 3 is 2.47 bits per heavy atom. The zero-order valence-electron chi connectivity index (χ0n) is 17.6. The fraction of sp³-hybridized carbons (Fsp3) is 0.292. The van der Waals surface area contributed by atoms with Crippen molar-refractivity contribution in [3.8, 4) is 17.2 Å². The van der Waals surface area contributed by atoms with Crippen molar-refractivity contribution >= 4 is 17.7 Å². The maximum Gasteiger partial charge on any atom is 0.351 e. The van der Waals surface area contributed by atoms with Crippen molar-refractivity contribution in [1.82, 2.24) is 9.78 Å². The minimum absolute atomic E-state index is 0.432. The molecule has 8 heteroatoms. The van der Waals surface area contributed by atoms with E-state index in [1.54, 1.807) is 29.8 Å². The van der Waals surface area contributed by atoms with Crippen LogP contribution in [0.2, 0.25) is 0 Å². The molecule has 3 aromatic rings. The quantitative estimate of drug-likeness (QED) is 0.599. The molecule has 2 aliphatic rings. The molecule has 0 radical (unpaired) electrons. The first-order valence-electron chi connectivity index (χ1n) is 10.6. The van der Waals surface area contributed by atoms with Gasteiger partial charge in [0.1, 0.15) is 11.9 Å². The van der Waals surface area contributed by atoms with Gasteiger partial charge < -0.3 is 19.5 Å². The van der Waals surface area contributed by atoms with Crippen molar-refractivity contribution in [3.05, 3.63) is 66.4 Å². The lowest BCUT2D eigenvalue weighted by molar-refractivity contribution is -0.159. The molecule has 2 aromatic carbocycles. The van der Waals surface area contributed by atoms with Crippen molar-refractivity contribution < 1.29 is 23.8 Å². The first kappa shape index (κ1) is 20.1. The number of hydrogen-bond donors (Lipinski definition) is 1. The van der Waals surface area contributed by atoms with E-state index in [-0.39, 0.29) is 0 Å². The van der Waals surface area contributed by atoms with Gasteiger partial charge in [0.15, 0.2) is 18.1 Å². The van der Waals surface area contributed by atoms with Crippen molar-refractivity contribution in [1.29, 1.82) is 0 Å². The Morgan fingerprint density at radius 1 is 1.06 bits per heavy atom. The van der Waals surface area contributed by atoms with Crippen LogP contribution in [-0.2, 0) is 14.3 Å². The van der Waals surface area contributed by atoms with Gasteiger partial charge in [0.05, 0.1) is 11.4 Å². The van der Waals surface area contributed by atoms with Gasteiger partial charge in [-0.25, -0.2) is 9.48 Å². The van der Waals surface area contributed by atoms with Crippen LogP contribution in [0.25, 0.3) is 5.69 Å². The molecule has 5 rings (SSSR count). The van der Waals surface area contributed by atoms with E-state index in [0.29, 0.717) is 23.2 Å². The number of benzene rings is 2. The van der Waals surface area contributed by atoms with E-state index in [0.717, 1.165) is 24.2 Å². The summed E-state index contributed by atoms with van der Waals surface area (Å²) in [6, 6.07) is 18.6. The molecule has 1 aliphatic carbocycles.